The van der Waals surface area contributed by atoms with Crippen LogP contribution >= 0.6 is 27.5 Å². The Morgan fingerprint density at radius 1 is 1.24 bits per heavy atom. The second-order valence-electron chi connectivity index (χ2n) is 4.39. The van der Waals surface area contributed by atoms with Crippen molar-refractivity contribution in [3.8, 4) is 0 Å². The highest BCUT2D eigenvalue weighted by molar-refractivity contribution is 9.10. The fourth-order valence-electron chi connectivity index (χ4n) is 1.83. The van der Waals surface area contributed by atoms with Crippen molar-refractivity contribution < 1.29 is 5.11 Å². The molecule has 3 heteroatoms. The van der Waals surface area contributed by atoms with E-state index in [0.29, 0.717) is 5.02 Å². The van der Waals surface area contributed by atoms with Gasteiger partial charge in [0.15, 0.2) is 0 Å². The highest BCUT2D eigenvalue weighted by Crippen LogP contribution is 2.28. The first-order valence-corrected chi connectivity index (χ1v) is 7.45. The molecule has 0 aromatic heterocycles. The van der Waals surface area contributed by atoms with Crippen LogP contribution in [0.5, 0.6) is 0 Å². The van der Waals surface area contributed by atoms with Crippen LogP contribution in [0.4, 0.5) is 0 Å². The van der Waals surface area contributed by atoms with Crippen LogP contribution in [-0.2, 0) is 0 Å². The molecule has 1 aromatic carbocycles. The summed E-state index contributed by atoms with van der Waals surface area (Å²) in [4.78, 5) is 0. The van der Waals surface area contributed by atoms with Crippen molar-refractivity contribution in [1.82, 2.24) is 0 Å². The van der Waals surface area contributed by atoms with Crippen molar-refractivity contribution in [2.24, 2.45) is 0 Å². The second-order valence-corrected chi connectivity index (χ2v) is 5.65. The van der Waals surface area contributed by atoms with Gasteiger partial charge in [0.1, 0.15) is 0 Å². The van der Waals surface area contributed by atoms with Crippen molar-refractivity contribution in [2.45, 2.75) is 51.6 Å². The molecule has 0 amide bonds. The van der Waals surface area contributed by atoms with Crippen LogP contribution in [0, 0.1) is 0 Å². The summed E-state index contributed by atoms with van der Waals surface area (Å²) in [5.74, 6) is 0. The standard InChI is InChI=1S/C14H20BrClO/c1-2-3-4-5-6-7-14(17)11-8-9-13(16)12(15)10-11/h8-10,14,17H,2-7H2,1H3. The number of halogens is 2. The van der Waals surface area contributed by atoms with Crippen LogP contribution in [-0.4, -0.2) is 5.11 Å². The number of rotatable bonds is 7. The molecule has 0 heterocycles. The monoisotopic (exact) mass is 318 g/mol. The minimum Gasteiger partial charge on any atom is -0.388 e. The molecule has 1 rings (SSSR count). The van der Waals surface area contributed by atoms with E-state index >= 15 is 0 Å². The van der Waals surface area contributed by atoms with E-state index in [-0.39, 0.29) is 6.10 Å². The molecule has 0 aliphatic rings. The lowest BCUT2D eigenvalue weighted by molar-refractivity contribution is 0.163. The van der Waals surface area contributed by atoms with Gasteiger partial charge in [-0.2, -0.15) is 0 Å². The third-order valence-electron chi connectivity index (χ3n) is 2.91. The molecule has 0 fully saturated rings. The van der Waals surface area contributed by atoms with Crippen molar-refractivity contribution >= 4 is 27.5 Å². The van der Waals surface area contributed by atoms with E-state index in [4.69, 9.17) is 11.6 Å². The number of hydrogen-bond acceptors (Lipinski definition) is 1. The lowest BCUT2D eigenvalue weighted by Crippen LogP contribution is -1.97. The van der Waals surface area contributed by atoms with Gasteiger partial charge >= 0.3 is 0 Å². The molecule has 17 heavy (non-hydrogen) atoms. The van der Waals surface area contributed by atoms with Gasteiger partial charge in [-0.25, -0.2) is 0 Å². The minimum atomic E-state index is -0.370. The number of aliphatic hydroxyl groups excluding tert-OH is 1. The van der Waals surface area contributed by atoms with Gasteiger partial charge in [-0.3, -0.25) is 0 Å². The van der Waals surface area contributed by atoms with Crippen molar-refractivity contribution in [3.05, 3.63) is 33.3 Å². The van der Waals surface area contributed by atoms with Crippen molar-refractivity contribution in [1.29, 1.82) is 0 Å². The first kappa shape index (κ1) is 15.0. The van der Waals surface area contributed by atoms with E-state index in [0.717, 1.165) is 22.9 Å². The molecule has 0 bridgehead atoms. The van der Waals surface area contributed by atoms with Crippen molar-refractivity contribution in [3.63, 3.8) is 0 Å². The Morgan fingerprint density at radius 2 is 1.94 bits per heavy atom. The van der Waals surface area contributed by atoms with E-state index in [1.165, 1.54) is 25.7 Å². The largest absolute Gasteiger partial charge is 0.388 e. The van der Waals surface area contributed by atoms with Gasteiger partial charge in [-0.1, -0.05) is 56.7 Å². The van der Waals surface area contributed by atoms with E-state index < -0.39 is 0 Å². The molecule has 1 aromatic rings. The quantitative estimate of drug-likeness (QED) is 0.658. The van der Waals surface area contributed by atoms with Crippen molar-refractivity contribution in [2.75, 3.05) is 0 Å². The molecular weight excluding hydrogens is 300 g/mol. The van der Waals surface area contributed by atoms with E-state index in [9.17, 15) is 5.11 Å². The fraction of sp³-hybridized carbons (Fsp3) is 0.571. The smallest absolute Gasteiger partial charge is 0.0790 e. The molecule has 1 unspecified atom stereocenters. The molecule has 1 N–H and O–H groups in total. The minimum absolute atomic E-state index is 0.370. The number of hydrogen-bond donors (Lipinski definition) is 1. The summed E-state index contributed by atoms with van der Waals surface area (Å²) < 4.78 is 0.849. The van der Waals surface area contributed by atoms with Crippen LogP contribution in [0.25, 0.3) is 0 Å². The maximum absolute atomic E-state index is 10.0. The first-order valence-electron chi connectivity index (χ1n) is 6.28. The molecule has 0 radical (unpaired) electrons. The zero-order valence-corrected chi connectivity index (χ0v) is 12.6. The zero-order valence-electron chi connectivity index (χ0n) is 10.3. The maximum atomic E-state index is 10.0. The lowest BCUT2D eigenvalue weighted by atomic mass is 10.0. The van der Waals surface area contributed by atoms with Crippen LogP contribution in [0.1, 0.15) is 57.1 Å². The third-order valence-corrected chi connectivity index (χ3v) is 4.12. The normalized spacial score (nSPS) is 12.7. The molecule has 0 aliphatic heterocycles. The van der Waals surface area contributed by atoms with Crippen LogP contribution in [0.15, 0.2) is 22.7 Å². The van der Waals surface area contributed by atoms with Gasteiger partial charge < -0.3 is 5.11 Å². The predicted molar refractivity (Wildman–Crippen MR) is 77.5 cm³/mol. The van der Waals surface area contributed by atoms with E-state index in [1.807, 2.05) is 18.2 Å². The van der Waals surface area contributed by atoms with E-state index in [1.54, 1.807) is 0 Å². The summed E-state index contributed by atoms with van der Waals surface area (Å²) in [5, 5.41) is 10.7. The Morgan fingerprint density at radius 3 is 2.59 bits per heavy atom. The Bertz CT molecular complexity index is 341. The Hall–Kier alpha value is -0.0500. The van der Waals surface area contributed by atoms with Crippen LogP contribution in [0.3, 0.4) is 0 Å². The molecule has 0 saturated carbocycles. The Labute approximate surface area is 117 Å². The van der Waals surface area contributed by atoms with Gasteiger partial charge in [0.05, 0.1) is 11.1 Å². The zero-order chi connectivity index (χ0) is 12.7. The summed E-state index contributed by atoms with van der Waals surface area (Å²) in [5.41, 5.74) is 0.941. The average Bonchev–Trinajstić information content (AvgIpc) is 2.32. The Kier molecular flexibility index (Phi) is 7.17. The van der Waals surface area contributed by atoms with Gasteiger partial charge in [0, 0.05) is 4.47 Å². The number of benzene rings is 1. The fourth-order valence-corrected chi connectivity index (χ4v) is 2.34. The number of unbranched alkanes of at least 4 members (excludes halogenated alkanes) is 4. The van der Waals surface area contributed by atoms with Crippen LogP contribution in [0.2, 0.25) is 5.02 Å². The molecule has 0 saturated heterocycles. The number of aliphatic hydroxyl groups is 1. The summed E-state index contributed by atoms with van der Waals surface area (Å²) in [6, 6.07) is 5.62. The highest BCUT2D eigenvalue weighted by Gasteiger charge is 2.08. The molecule has 0 spiro atoms. The second kappa shape index (κ2) is 8.12. The molecular formula is C14H20BrClO. The van der Waals surface area contributed by atoms with Gasteiger partial charge in [-0.15, -0.1) is 0 Å². The third kappa shape index (κ3) is 5.41. The van der Waals surface area contributed by atoms with Gasteiger partial charge in [-0.05, 0) is 40.0 Å². The Balaban J connectivity index is 2.36. The van der Waals surface area contributed by atoms with Gasteiger partial charge in [0.2, 0.25) is 0 Å². The highest BCUT2D eigenvalue weighted by atomic mass is 79.9. The first-order chi connectivity index (χ1) is 8.15. The molecule has 1 nitrogen and oxygen atoms in total. The predicted octanol–water partition coefficient (Wildman–Crippen LogP) is 5.50. The summed E-state index contributed by atoms with van der Waals surface area (Å²) >= 11 is 9.29. The average molecular weight is 320 g/mol. The SMILES string of the molecule is CCCCCCCC(O)c1ccc(Cl)c(Br)c1. The van der Waals surface area contributed by atoms with Crippen LogP contribution < -0.4 is 0 Å². The van der Waals surface area contributed by atoms with E-state index in [2.05, 4.69) is 22.9 Å². The molecule has 0 aliphatic carbocycles. The topological polar surface area (TPSA) is 20.2 Å². The summed E-state index contributed by atoms with van der Waals surface area (Å²) in [6.45, 7) is 2.21. The summed E-state index contributed by atoms with van der Waals surface area (Å²) in [6.07, 6.45) is 6.58. The molecule has 1 atom stereocenters. The maximum Gasteiger partial charge on any atom is 0.0790 e. The summed E-state index contributed by atoms with van der Waals surface area (Å²) in [7, 11) is 0. The van der Waals surface area contributed by atoms with Gasteiger partial charge in [0.25, 0.3) is 0 Å². The molecule has 96 valence electrons. The lowest BCUT2D eigenvalue weighted by Gasteiger charge is -2.11.